The predicted octanol–water partition coefficient (Wildman–Crippen LogP) is 2.34. The SMILES string of the molecule is COc1ccccc1[C@H]1COC[C@H]1CC#N. The summed E-state index contributed by atoms with van der Waals surface area (Å²) in [6, 6.07) is 10.2. The highest BCUT2D eigenvalue weighted by Crippen LogP contribution is 2.37. The van der Waals surface area contributed by atoms with Crippen LogP contribution in [0.2, 0.25) is 0 Å². The Balaban J connectivity index is 2.26. The maximum absolute atomic E-state index is 8.78. The van der Waals surface area contributed by atoms with Gasteiger partial charge < -0.3 is 9.47 Å². The average molecular weight is 217 g/mol. The summed E-state index contributed by atoms with van der Waals surface area (Å²) >= 11 is 0. The lowest BCUT2D eigenvalue weighted by Crippen LogP contribution is -2.11. The van der Waals surface area contributed by atoms with Gasteiger partial charge in [-0.15, -0.1) is 0 Å². The molecule has 0 bridgehead atoms. The zero-order chi connectivity index (χ0) is 11.4. The highest BCUT2D eigenvalue weighted by Gasteiger charge is 2.31. The van der Waals surface area contributed by atoms with E-state index in [1.165, 1.54) is 0 Å². The van der Waals surface area contributed by atoms with Gasteiger partial charge in [0.05, 0.1) is 26.4 Å². The topological polar surface area (TPSA) is 42.2 Å². The largest absolute Gasteiger partial charge is 0.496 e. The third kappa shape index (κ3) is 2.02. The number of ether oxygens (including phenoxy) is 2. The Labute approximate surface area is 95.6 Å². The number of methoxy groups -OCH3 is 1. The Morgan fingerprint density at radius 3 is 3.00 bits per heavy atom. The highest BCUT2D eigenvalue weighted by molar-refractivity contribution is 5.37. The maximum atomic E-state index is 8.78. The molecule has 0 aromatic heterocycles. The van der Waals surface area contributed by atoms with Crippen molar-refractivity contribution in [2.24, 2.45) is 5.92 Å². The molecule has 3 heteroatoms. The van der Waals surface area contributed by atoms with Gasteiger partial charge in [-0.3, -0.25) is 0 Å². The molecule has 1 saturated heterocycles. The van der Waals surface area contributed by atoms with Crippen molar-refractivity contribution in [1.29, 1.82) is 5.26 Å². The number of nitrogens with zero attached hydrogens (tertiary/aromatic N) is 1. The fourth-order valence-electron chi connectivity index (χ4n) is 2.23. The van der Waals surface area contributed by atoms with E-state index in [-0.39, 0.29) is 5.92 Å². The molecule has 1 aromatic carbocycles. The normalized spacial score (nSPS) is 24.0. The van der Waals surface area contributed by atoms with Gasteiger partial charge in [0.15, 0.2) is 0 Å². The van der Waals surface area contributed by atoms with E-state index < -0.39 is 0 Å². The number of benzene rings is 1. The van der Waals surface area contributed by atoms with Crippen molar-refractivity contribution >= 4 is 0 Å². The second-order valence-corrected chi connectivity index (χ2v) is 4.01. The summed E-state index contributed by atoms with van der Waals surface area (Å²) in [5, 5.41) is 8.78. The van der Waals surface area contributed by atoms with E-state index in [0.29, 0.717) is 25.6 Å². The van der Waals surface area contributed by atoms with Crippen LogP contribution in [0.5, 0.6) is 5.75 Å². The minimum atomic E-state index is 0.288. The van der Waals surface area contributed by atoms with Crippen LogP contribution in [0, 0.1) is 17.2 Å². The smallest absolute Gasteiger partial charge is 0.122 e. The van der Waals surface area contributed by atoms with Crippen LogP contribution < -0.4 is 4.74 Å². The molecule has 0 unspecified atom stereocenters. The first-order chi connectivity index (χ1) is 7.86. The first kappa shape index (κ1) is 11.0. The molecule has 1 aliphatic rings. The fourth-order valence-corrected chi connectivity index (χ4v) is 2.23. The van der Waals surface area contributed by atoms with Gasteiger partial charge >= 0.3 is 0 Å². The summed E-state index contributed by atoms with van der Waals surface area (Å²) in [4.78, 5) is 0. The zero-order valence-corrected chi connectivity index (χ0v) is 9.35. The number of para-hydroxylation sites is 1. The minimum Gasteiger partial charge on any atom is -0.496 e. The van der Waals surface area contributed by atoms with Crippen LogP contribution >= 0.6 is 0 Å². The summed E-state index contributed by atoms with van der Waals surface area (Å²) in [5.41, 5.74) is 1.16. The van der Waals surface area contributed by atoms with Gasteiger partial charge in [-0.25, -0.2) is 0 Å². The summed E-state index contributed by atoms with van der Waals surface area (Å²) in [6.07, 6.45) is 0.544. The van der Waals surface area contributed by atoms with E-state index >= 15 is 0 Å². The van der Waals surface area contributed by atoms with E-state index in [0.717, 1.165) is 11.3 Å². The Hall–Kier alpha value is -1.53. The van der Waals surface area contributed by atoms with Crippen molar-refractivity contribution in [2.45, 2.75) is 12.3 Å². The van der Waals surface area contributed by atoms with Gasteiger partial charge in [0, 0.05) is 18.3 Å². The first-order valence-electron chi connectivity index (χ1n) is 5.44. The van der Waals surface area contributed by atoms with Crippen molar-refractivity contribution in [3.05, 3.63) is 29.8 Å². The molecule has 0 aliphatic carbocycles. The van der Waals surface area contributed by atoms with Crippen LogP contribution in [-0.4, -0.2) is 20.3 Å². The maximum Gasteiger partial charge on any atom is 0.122 e. The van der Waals surface area contributed by atoms with E-state index in [1.54, 1.807) is 7.11 Å². The summed E-state index contributed by atoms with van der Waals surface area (Å²) < 4.78 is 10.8. The fraction of sp³-hybridized carbons (Fsp3) is 0.462. The number of hydrogen-bond acceptors (Lipinski definition) is 3. The quantitative estimate of drug-likeness (QED) is 0.780. The van der Waals surface area contributed by atoms with Crippen LogP contribution in [0.4, 0.5) is 0 Å². The molecule has 2 atom stereocenters. The van der Waals surface area contributed by atoms with Crippen molar-refractivity contribution in [2.75, 3.05) is 20.3 Å². The molecule has 1 aliphatic heterocycles. The molecule has 1 aromatic rings. The van der Waals surface area contributed by atoms with Crippen LogP contribution in [0.1, 0.15) is 17.9 Å². The van der Waals surface area contributed by atoms with E-state index in [9.17, 15) is 0 Å². The highest BCUT2D eigenvalue weighted by atomic mass is 16.5. The van der Waals surface area contributed by atoms with Gasteiger partial charge in [-0.05, 0) is 11.6 Å². The van der Waals surface area contributed by atoms with E-state index in [4.69, 9.17) is 14.7 Å². The molecule has 1 fully saturated rings. The van der Waals surface area contributed by atoms with E-state index in [1.807, 2.05) is 18.2 Å². The third-order valence-corrected chi connectivity index (χ3v) is 3.09. The van der Waals surface area contributed by atoms with Crippen molar-refractivity contribution in [1.82, 2.24) is 0 Å². The average Bonchev–Trinajstić information content (AvgIpc) is 2.77. The van der Waals surface area contributed by atoms with E-state index in [2.05, 4.69) is 12.1 Å². The molecule has 0 radical (unpaired) electrons. The molecule has 3 nitrogen and oxygen atoms in total. The molecule has 0 amide bonds. The number of rotatable bonds is 3. The lowest BCUT2D eigenvalue weighted by atomic mass is 9.86. The molecular weight excluding hydrogens is 202 g/mol. The van der Waals surface area contributed by atoms with Gasteiger partial charge in [-0.1, -0.05) is 18.2 Å². The molecule has 1 heterocycles. The Kier molecular flexibility index (Phi) is 3.43. The zero-order valence-electron chi connectivity index (χ0n) is 9.35. The Morgan fingerprint density at radius 2 is 2.25 bits per heavy atom. The number of hydrogen-bond donors (Lipinski definition) is 0. The van der Waals surface area contributed by atoms with Crippen molar-refractivity contribution in [3.8, 4) is 11.8 Å². The number of nitriles is 1. The lowest BCUT2D eigenvalue weighted by molar-refractivity contribution is 0.184. The molecule has 0 spiro atoms. The van der Waals surface area contributed by atoms with Gasteiger partial charge in [0.2, 0.25) is 0 Å². The molecule has 0 saturated carbocycles. The summed E-state index contributed by atoms with van der Waals surface area (Å²) in [7, 11) is 1.67. The molecule has 84 valence electrons. The van der Waals surface area contributed by atoms with Crippen molar-refractivity contribution in [3.63, 3.8) is 0 Å². The van der Waals surface area contributed by atoms with Crippen LogP contribution in [0.25, 0.3) is 0 Å². The van der Waals surface area contributed by atoms with Gasteiger partial charge in [-0.2, -0.15) is 5.26 Å². The molecule has 2 rings (SSSR count). The summed E-state index contributed by atoms with van der Waals surface area (Å²) in [6.45, 7) is 1.36. The monoisotopic (exact) mass is 217 g/mol. The molecule has 0 N–H and O–H groups in total. The lowest BCUT2D eigenvalue weighted by Gasteiger charge is -2.17. The standard InChI is InChI=1S/C13H15NO2/c1-15-13-5-3-2-4-11(13)12-9-16-8-10(12)6-7-14/h2-5,10,12H,6,8-9H2,1H3/t10-,12+/m1/s1. The second kappa shape index (κ2) is 5.00. The van der Waals surface area contributed by atoms with Gasteiger partial charge in [0.25, 0.3) is 0 Å². The van der Waals surface area contributed by atoms with Crippen LogP contribution in [0.3, 0.4) is 0 Å². The third-order valence-electron chi connectivity index (χ3n) is 3.09. The predicted molar refractivity (Wildman–Crippen MR) is 60.3 cm³/mol. The molecular formula is C13H15NO2. The van der Waals surface area contributed by atoms with Crippen LogP contribution in [-0.2, 0) is 4.74 Å². The van der Waals surface area contributed by atoms with Crippen LogP contribution in [0.15, 0.2) is 24.3 Å². The molecule has 16 heavy (non-hydrogen) atoms. The Morgan fingerprint density at radius 1 is 1.44 bits per heavy atom. The Bertz CT molecular complexity index is 397. The first-order valence-corrected chi connectivity index (χ1v) is 5.44. The second-order valence-electron chi connectivity index (χ2n) is 4.01. The van der Waals surface area contributed by atoms with Gasteiger partial charge in [0.1, 0.15) is 5.75 Å². The summed E-state index contributed by atoms with van der Waals surface area (Å²) in [5.74, 6) is 1.47. The minimum absolute atomic E-state index is 0.288. The van der Waals surface area contributed by atoms with Crippen molar-refractivity contribution < 1.29 is 9.47 Å².